The fourth-order valence-electron chi connectivity index (χ4n) is 7.03. The monoisotopic (exact) mass is 896 g/mol. The molecule has 61 heavy (non-hydrogen) atoms. The summed E-state index contributed by atoms with van der Waals surface area (Å²) in [5.74, 6) is -3.54. The maximum Gasteiger partial charge on any atom is 0.317 e. The minimum absolute atomic E-state index is 0.00286. The molecule has 0 radical (unpaired) electrons. The Morgan fingerprint density at radius 3 is 1.93 bits per heavy atom. The second-order valence-electron chi connectivity index (χ2n) is 14.0. The lowest BCUT2D eigenvalue weighted by atomic mass is 10.1. The summed E-state index contributed by atoms with van der Waals surface area (Å²) in [7, 11) is 0. The third-order valence-corrected chi connectivity index (χ3v) is 11.2. The van der Waals surface area contributed by atoms with E-state index in [4.69, 9.17) is 60.6 Å². The van der Waals surface area contributed by atoms with E-state index in [0.717, 1.165) is 16.5 Å². The molecule has 0 fully saturated rings. The van der Waals surface area contributed by atoms with Crippen LogP contribution in [0.3, 0.4) is 0 Å². The number of benzene rings is 6. The molecule has 2 heterocycles. The molecule has 0 saturated heterocycles. The van der Waals surface area contributed by atoms with Crippen LogP contribution in [0.4, 0.5) is 15.8 Å². The zero-order chi connectivity index (χ0) is 42.9. The Morgan fingerprint density at radius 1 is 0.590 bits per heavy atom. The number of hydrogen-bond donors (Lipinski definition) is 0. The Morgan fingerprint density at radius 2 is 1.23 bits per heavy atom. The number of hydrogen-bond acceptors (Lipinski definition) is 8. The quantitative estimate of drug-likeness (QED) is 0.0677. The largest absolute Gasteiger partial charge is 0.489 e. The van der Waals surface area contributed by atoms with E-state index in [2.05, 4.69) is 0 Å². The van der Waals surface area contributed by atoms with Crippen molar-refractivity contribution in [2.45, 2.75) is 32.6 Å². The van der Waals surface area contributed by atoms with E-state index in [1.54, 1.807) is 41.3 Å². The van der Waals surface area contributed by atoms with Crippen molar-refractivity contribution in [2.75, 3.05) is 9.80 Å². The highest BCUT2D eigenvalue weighted by atomic mass is 35.5. The molecular formula is C46H29Cl4FN2O8. The van der Waals surface area contributed by atoms with E-state index in [-0.39, 0.29) is 75.1 Å². The number of amides is 3. The first-order chi connectivity index (χ1) is 29.4. The van der Waals surface area contributed by atoms with Gasteiger partial charge < -0.3 is 19.1 Å². The van der Waals surface area contributed by atoms with Crippen LogP contribution < -0.4 is 19.3 Å². The van der Waals surface area contributed by atoms with Gasteiger partial charge in [0.1, 0.15) is 30.5 Å². The van der Waals surface area contributed by atoms with E-state index < -0.39 is 29.6 Å². The Bertz CT molecular complexity index is 2780. The lowest BCUT2D eigenvalue weighted by Gasteiger charge is -2.17. The summed E-state index contributed by atoms with van der Waals surface area (Å²) in [6, 6.07) is 30.8. The molecule has 0 N–H and O–H groups in total. The molecule has 6 aromatic carbocycles. The zero-order valence-corrected chi connectivity index (χ0v) is 34.6. The molecule has 6 aromatic rings. The van der Waals surface area contributed by atoms with Crippen molar-refractivity contribution in [1.29, 1.82) is 0 Å². The van der Waals surface area contributed by atoms with Crippen LogP contribution in [0.5, 0.6) is 11.5 Å². The number of anilines is 2. The number of ether oxygens (including phenoxy) is 3. The average molecular weight is 899 g/mol. The highest BCUT2D eigenvalue weighted by Gasteiger charge is 2.42. The lowest BCUT2D eigenvalue weighted by molar-refractivity contribution is -0.158. The summed E-state index contributed by atoms with van der Waals surface area (Å²) in [6.07, 6.45) is -0.582. The topological polar surface area (TPSA) is 120 Å². The van der Waals surface area contributed by atoms with Crippen molar-refractivity contribution >= 4 is 87.4 Å². The van der Waals surface area contributed by atoms with Gasteiger partial charge in [-0.05, 0) is 77.4 Å². The van der Waals surface area contributed by atoms with Crippen molar-refractivity contribution in [3.8, 4) is 11.5 Å². The van der Waals surface area contributed by atoms with Crippen molar-refractivity contribution in [2.24, 2.45) is 0 Å². The van der Waals surface area contributed by atoms with Gasteiger partial charge in [0.15, 0.2) is 0 Å². The molecule has 0 saturated carbocycles. The van der Waals surface area contributed by atoms with E-state index in [1.165, 1.54) is 42.5 Å². The number of fused-ring (bicyclic) bond motifs is 2. The van der Waals surface area contributed by atoms with E-state index in [0.29, 0.717) is 45.3 Å². The fourth-order valence-corrected chi connectivity index (χ4v) is 7.97. The summed E-state index contributed by atoms with van der Waals surface area (Å²) >= 11 is 25.2. The molecule has 306 valence electrons. The summed E-state index contributed by atoms with van der Waals surface area (Å²) in [5, 5.41) is 0.465. The van der Waals surface area contributed by atoms with Crippen molar-refractivity contribution in [1.82, 2.24) is 0 Å². The van der Waals surface area contributed by atoms with Gasteiger partial charge in [-0.2, -0.15) is 0 Å². The SMILES string of the molecule is O=C(Cc1ccc(N2Cc3c(OCc4ccccc4)ccc(Cl)c3C2=O)cc1)OC(=O)Cc1ccc(N2C(=O)c3c(Cl)ccc(OCc4ccc(Cl)cc4F)c3C2=O)c(Cl)c1. The number of imide groups is 1. The van der Waals surface area contributed by atoms with Crippen LogP contribution in [0, 0.1) is 5.82 Å². The first-order valence-corrected chi connectivity index (χ1v) is 20.1. The van der Waals surface area contributed by atoms with Gasteiger partial charge >= 0.3 is 11.9 Å². The van der Waals surface area contributed by atoms with E-state index in [1.807, 2.05) is 30.3 Å². The molecule has 0 unspecified atom stereocenters. The van der Waals surface area contributed by atoms with Gasteiger partial charge in [-0.1, -0.05) is 101 Å². The van der Waals surface area contributed by atoms with Gasteiger partial charge in [0.2, 0.25) is 0 Å². The number of rotatable bonds is 12. The summed E-state index contributed by atoms with van der Waals surface area (Å²) < 4.78 is 31.3. The lowest BCUT2D eigenvalue weighted by Crippen LogP contribution is -2.29. The number of carbonyl (C=O) groups is 5. The summed E-state index contributed by atoms with van der Waals surface area (Å²) in [4.78, 5) is 68.7. The van der Waals surface area contributed by atoms with Crippen LogP contribution in [0.1, 0.15) is 58.9 Å². The van der Waals surface area contributed by atoms with Crippen LogP contribution in [-0.2, 0) is 46.9 Å². The first kappa shape index (κ1) is 41.5. The second kappa shape index (κ2) is 17.4. The predicted octanol–water partition coefficient (Wildman–Crippen LogP) is 10.4. The Labute approximate surface area is 367 Å². The first-order valence-electron chi connectivity index (χ1n) is 18.5. The Balaban J connectivity index is 0.874. The molecule has 3 amide bonds. The van der Waals surface area contributed by atoms with Crippen molar-refractivity contribution in [3.05, 3.63) is 186 Å². The molecule has 15 heteroatoms. The minimum Gasteiger partial charge on any atom is -0.489 e. The number of halogens is 5. The number of nitrogens with zero attached hydrogens (tertiary/aromatic N) is 2. The summed E-state index contributed by atoms with van der Waals surface area (Å²) in [6.45, 7) is 0.291. The fraction of sp³-hybridized carbons (Fsp3) is 0.109. The van der Waals surface area contributed by atoms with Crippen molar-refractivity contribution in [3.63, 3.8) is 0 Å². The van der Waals surface area contributed by atoms with Crippen LogP contribution in [0.25, 0.3) is 0 Å². The number of esters is 2. The maximum absolute atomic E-state index is 14.4. The predicted molar refractivity (Wildman–Crippen MR) is 227 cm³/mol. The minimum atomic E-state index is -0.862. The molecule has 2 aliphatic heterocycles. The third kappa shape index (κ3) is 8.55. The normalized spacial score (nSPS) is 13.0. The van der Waals surface area contributed by atoms with Crippen molar-refractivity contribution < 1.29 is 42.6 Å². The van der Waals surface area contributed by atoms with E-state index in [9.17, 15) is 28.4 Å². The smallest absolute Gasteiger partial charge is 0.317 e. The second-order valence-corrected chi connectivity index (χ2v) is 15.6. The van der Waals surface area contributed by atoms with Crippen LogP contribution in [-0.4, -0.2) is 29.7 Å². The van der Waals surface area contributed by atoms with Gasteiger partial charge in [0, 0.05) is 21.8 Å². The molecule has 0 aliphatic carbocycles. The van der Waals surface area contributed by atoms with Gasteiger partial charge in [0.05, 0.1) is 56.8 Å². The highest BCUT2D eigenvalue weighted by molar-refractivity contribution is 6.44. The third-order valence-electron chi connectivity index (χ3n) is 10.0. The standard InChI is InChI=1S/C46H29Cl4FN2O8/c47-29-10-9-28(35(51)21-29)24-60-38-17-14-33(49)42-43(38)46(58)53(45(42)57)36-15-8-27(18-34(36)50)20-40(55)61-39(54)19-25-6-11-30(12-7-25)52-22-31-37(16-13-32(48)41(31)44(52)56)59-23-26-4-2-1-3-5-26/h1-18,21H,19-20,22-24H2. The molecule has 10 nitrogen and oxygen atoms in total. The number of carbonyl (C=O) groups excluding carboxylic acids is 5. The average Bonchev–Trinajstić information content (AvgIpc) is 3.72. The zero-order valence-electron chi connectivity index (χ0n) is 31.6. The van der Waals surface area contributed by atoms with Gasteiger partial charge in [0.25, 0.3) is 17.7 Å². The summed E-state index contributed by atoms with van der Waals surface area (Å²) in [5.41, 5.74) is 3.41. The highest BCUT2D eigenvalue weighted by Crippen LogP contribution is 2.41. The molecule has 8 rings (SSSR count). The Kier molecular flexibility index (Phi) is 11.8. The Hall–Kier alpha value is -6.24. The van der Waals surface area contributed by atoms with Gasteiger partial charge in [-0.25, -0.2) is 9.29 Å². The molecule has 0 atom stereocenters. The van der Waals surface area contributed by atoms with Crippen LogP contribution >= 0.6 is 46.4 Å². The van der Waals surface area contributed by atoms with Crippen LogP contribution in [0.15, 0.2) is 115 Å². The molecule has 0 aromatic heterocycles. The van der Waals surface area contributed by atoms with Gasteiger partial charge in [-0.15, -0.1) is 0 Å². The maximum atomic E-state index is 14.4. The molecule has 0 spiro atoms. The van der Waals surface area contributed by atoms with Crippen LogP contribution in [0.2, 0.25) is 20.1 Å². The molecule has 2 aliphatic rings. The molecule has 0 bridgehead atoms. The molecular weight excluding hydrogens is 869 g/mol. The van der Waals surface area contributed by atoms with E-state index >= 15 is 0 Å². The van der Waals surface area contributed by atoms with Gasteiger partial charge in [-0.3, -0.25) is 24.0 Å².